The van der Waals surface area contributed by atoms with E-state index in [4.69, 9.17) is 9.47 Å². The average Bonchev–Trinajstić information content (AvgIpc) is 3.60. The normalized spacial score (nSPS) is 19.7. The number of nitrogens with zero attached hydrogens (tertiary/aromatic N) is 2. The molecule has 0 aromatic heterocycles. The number of β-amino-alcohol motifs (C(OH)–C–C–N with tert-alkyl or cyclic N) is 1. The molecule has 2 N–H and O–H groups in total. The Kier molecular flexibility index (Phi) is 7.13. The Balaban J connectivity index is 1.35. The number of rotatable bonds is 10. The average molecular weight is 426 g/mol. The van der Waals surface area contributed by atoms with Crippen molar-refractivity contribution in [2.45, 2.75) is 31.0 Å². The highest BCUT2D eigenvalue weighted by molar-refractivity contribution is 5.41. The minimum absolute atomic E-state index is 0.0688. The molecule has 6 heteroatoms. The molecule has 0 bridgehead atoms. The minimum Gasteiger partial charge on any atom is -0.497 e. The first-order chi connectivity index (χ1) is 15.1. The Bertz CT molecular complexity index is 833. The first-order valence-electron chi connectivity index (χ1n) is 11.3. The van der Waals surface area contributed by atoms with Crippen molar-refractivity contribution in [1.82, 2.24) is 15.1 Å². The van der Waals surface area contributed by atoms with E-state index in [-0.39, 0.29) is 12.1 Å². The van der Waals surface area contributed by atoms with Gasteiger partial charge in [0.2, 0.25) is 0 Å². The van der Waals surface area contributed by atoms with Crippen molar-refractivity contribution < 1.29 is 14.6 Å². The van der Waals surface area contributed by atoms with E-state index in [1.807, 2.05) is 12.1 Å². The van der Waals surface area contributed by atoms with Crippen molar-refractivity contribution in [3.63, 3.8) is 0 Å². The summed E-state index contributed by atoms with van der Waals surface area (Å²) in [6.45, 7) is 5.69. The topological polar surface area (TPSA) is 57.2 Å². The second-order valence-corrected chi connectivity index (χ2v) is 8.84. The van der Waals surface area contributed by atoms with Crippen molar-refractivity contribution >= 4 is 0 Å². The molecule has 1 unspecified atom stereocenters. The molecular weight excluding hydrogens is 390 g/mol. The third kappa shape index (κ3) is 5.77. The van der Waals surface area contributed by atoms with E-state index >= 15 is 0 Å². The van der Waals surface area contributed by atoms with E-state index in [2.05, 4.69) is 58.6 Å². The zero-order valence-corrected chi connectivity index (χ0v) is 18.7. The molecule has 2 aromatic carbocycles. The quantitative estimate of drug-likeness (QED) is 0.610. The van der Waals surface area contributed by atoms with Gasteiger partial charge in [0.15, 0.2) is 0 Å². The van der Waals surface area contributed by atoms with Crippen molar-refractivity contribution in [3.8, 4) is 11.5 Å². The highest BCUT2D eigenvalue weighted by Crippen LogP contribution is 2.45. The van der Waals surface area contributed by atoms with Gasteiger partial charge in [0, 0.05) is 56.4 Å². The van der Waals surface area contributed by atoms with Crippen LogP contribution in [0.5, 0.6) is 11.5 Å². The van der Waals surface area contributed by atoms with E-state index < -0.39 is 6.10 Å². The standard InChI is InChI=1S/C25H35N3O3/c1-27-12-14-28(15-13-27)18-22(29)19-31-24-16-23(30-2)9-8-20(24)17-26-25(10-11-25)21-6-4-3-5-7-21/h3-9,16,22,26,29H,10-15,17-19H2,1-2H3. The molecule has 1 saturated carbocycles. The van der Waals surface area contributed by atoms with Crippen LogP contribution in [0, 0.1) is 0 Å². The maximum Gasteiger partial charge on any atom is 0.127 e. The smallest absolute Gasteiger partial charge is 0.127 e. The van der Waals surface area contributed by atoms with E-state index in [9.17, 15) is 5.11 Å². The summed E-state index contributed by atoms with van der Waals surface area (Å²) in [4.78, 5) is 4.62. The molecule has 6 nitrogen and oxygen atoms in total. The van der Waals surface area contributed by atoms with Gasteiger partial charge in [-0.05, 0) is 31.5 Å². The molecule has 2 aliphatic rings. The maximum atomic E-state index is 10.5. The van der Waals surface area contributed by atoms with Crippen LogP contribution in [0.15, 0.2) is 48.5 Å². The molecule has 0 radical (unpaired) electrons. The molecule has 31 heavy (non-hydrogen) atoms. The Morgan fingerprint density at radius 3 is 2.48 bits per heavy atom. The maximum absolute atomic E-state index is 10.5. The summed E-state index contributed by atoms with van der Waals surface area (Å²) >= 11 is 0. The lowest BCUT2D eigenvalue weighted by Crippen LogP contribution is -2.47. The third-order valence-electron chi connectivity index (χ3n) is 6.46. The molecule has 0 amide bonds. The molecule has 4 rings (SSSR count). The van der Waals surface area contributed by atoms with E-state index in [0.29, 0.717) is 13.1 Å². The van der Waals surface area contributed by atoms with E-state index in [1.54, 1.807) is 7.11 Å². The van der Waals surface area contributed by atoms with Crippen LogP contribution in [0.3, 0.4) is 0 Å². The summed E-state index contributed by atoms with van der Waals surface area (Å²) in [5.41, 5.74) is 2.49. The summed E-state index contributed by atoms with van der Waals surface area (Å²) in [6.07, 6.45) is 1.77. The van der Waals surface area contributed by atoms with Crippen LogP contribution in [-0.2, 0) is 12.1 Å². The predicted octanol–water partition coefficient (Wildman–Crippen LogP) is 2.46. The van der Waals surface area contributed by atoms with Crippen LogP contribution in [0.1, 0.15) is 24.0 Å². The molecule has 1 atom stereocenters. The molecule has 168 valence electrons. The summed E-state index contributed by atoms with van der Waals surface area (Å²) < 4.78 is 11.5. The fourth-order valence-corrected chi connectivity index (χ4v) is 4.22. The molecular formula is C25H35N3O3. The summed E-state index contributed by atoms with van der Waals surface area (Å²) in [5, 5.41) is 14.3. The number of likely N-dealkylation sites (N-methyl/N-ethyl adjacent to an activating group) is 1. The first kappa shape index (κ1) is 22.1. The van der Waals surface area contributed by atoms with Gasteiger partial charge in [-0.1, -0.05) is 36.4 Å². The number of benzene rings is 2. The molecule has 1 aliphatic heterocycles. The van der Waals surface area contributed by atoms with Gasteiger partial charge in [0.1, 0.15) is 24.2 Å². The number of hydrogen-bond acceptors (Lipinski definition) is 6. The molecule has 2 aromatic rings. The van der Waals surface area contributed by atoms with Crippen molar-refractivity contribution in [3.05, 3.63) is 59.7 Å². The van der Waals surface area contributed by atoms with Crippen LogP contribution in [0.2, 0.25) is 0 Å². The molecule has 0 spiro atoms. The summed E-state index contributed by atoms with van der Waals surface area (Å²) in [5.74, 6) is 1.53. The largest absolute Gasteiger partial charge is 0.497 e. The third-order valence-corrected chi connectivity index (χ3v) is 6.46. The minimum atomic E-state index is -0.519. The number of nitrogens with one attached hydrogen (secondary N) is 1. The van der Waals surface area contributed by atoms with Gasteiger partial charge in [-0.3, -0.25) is 4.90 Å². The number of aliphatic hydroxyl groups is 1. The van der Waals surface area contributed by atoms with Gasteiger partial charge in [-0.15, -0.1) is 0 Å². The number of piperazine rings is 1. The zero-order chi connectivity index (χ0) is 21.7. The first-order valence-corrected chi connectivity index (χ1v) is 11.3. The van der Waals surface area contributed by atoms with E-state index in [0.717, 1.165) is 56.1 Å². The van der Waals surface area contributed by atoms with E-state index in [1.165, 1.54) is 5.56 Å². The Morgan fingerprint density at radius 1 is 1.06 bits per heavy atom. The molecule has 1 aliphatic carbocycles. The Hall–Kier alpha value is -2.12. The van der Waals surface area contributed by atoms with Gasteiger partial charge in [0.25, 0.3) is 0 Å². The summed E-state index contributed by atoms with van der Waals surface area (Å²) in [6, 6.07) is 16.6. The van der Waals surface area contributed by atoms with Crippen molar-refractivity contribution in [2.75, 3.05) is 53.5 Å². The van der Waals surface area contributed by atoms with Gasteiger partial charge in [-0.25, -0.2) is 0 Å². The highest BCUT2D eigenvalue weighted by atomic mass is 16.5. The molecule has 1 heterocycles. The van der Waals surface area contributed by atoms with Crippen LogP contribution in [0.25, 0.3) is 0 Å². The van der Waals surface area contributed by atoms with Gasteiger partial charge >= 0.3 is 0 Å². The monoisotopic (exact) mass is 425 g/mol. The van der Waals surface area contributed by atoms with Crippen LogP contribution in [0.4, 0.5) is 0 Å². The predicted molar refractivity (Wildman–Crippen MR) is 123 cm³/mol. The number of methoxy groups -OCH3 is 1. The summed E-state index contributed by atoms with van der Waals surface area (Å²) in [7, 11) is 3.80. The number of aliphatic hydroxyl groups excluding tert-OH is 1. The van der Waals surface area contributed by atoms with Crippen LogP contribution >= 0.6 is 0 Å². The highest BCUT2D eigenvalue weighted by Gasteiger charge is 2.43. The van der Waals surface area contributed by atoms with Crippen LogP contribution < -0.4 is 14.8 Å². The van der Waals surface area contributed by atoms with Gasteiger partial charge in [-0.2, -0.15) is 0 Å². The fraction of sp³-hybridized carbons (Fsp3) is 0.520. The zero-order valence-electron chi connectivity index (χ0n) is 18.7. The van der Waals surface area contributed by atoms with Crippen molar-refractivity contribution in [1.29, 1.82) is 0 Å². The molecule has 1 saturated heterocycles. The Morgan fingerprint density at radius 2 is 1.81 bits per heavy atom. The second kappa shape index (κ2) is 10.0. The fourth-order valence-electron chi connectivity index (χ4n) is 4.22. The lowest BCUT2D eigenvalue weighted by molar-refractivity contribution is 0.0501. The van der Waals surface area contributed by atoms with Crippen LogP contribution in [-0.4, -0.2) is 74.5 Å². The second-order valence-electron chi connectivity index (χ2n) is 8.84. The molecule has 2 fully saturated rings. The lowest BCUT2D eigenvalue weighted by atomic mass is 10.0. The van der Waals surface area contributed by atoms with Gasteiger partial charge < -0.3 is 24.8 Å². The van der Waals surface area contributed by atoms with Gasteiger partial charge in [0.05, 0.1) is 7.11 Å². The lowest BCUT2D eigenvalue weighted by Gasteiger charge is -2.33. The van der Waals surface area contributed by atoms with Crippen molar-refractivity contribution in [2.24, 2.45) is 0 Å². The number of hydrogen-bond donors (Lipinski definition) is 2. The Labute approximate surface area is 185 Å². The number of ether oxygens (including phenoxy) is 2. The SMILES string of the molecule is COc1ccc(CNC2(c3ccccc3)CC2)c(OCC(O)CN2CCN(C)CC2)c1.